The number of aryl methyl sites for hydroxylation is 1. The number of nitrogens with one attached hydrogen (secondary N) is 2. The van der Waals surface area contributed by atoms with E-state index in [4.69, 9.17) is 0 Å². The molecule has 0 aliphatic carbocycles. The number of carbonyl (C=O) groups excluding carboxylic acids is 2. The molecule has 2 heterocycles. The van der Waals surface area contributed by atoms with Crippen molar-refractivity contribution in [2.45, 2.75) is 39.0 Å². The number of likely N-dealkylation sites (tertiary alicyclic amines) is 1. The largest absolute Gasteiger partial charge is 0.356 e. The van der Waals surface area contributed by atoms with E-state index >= 15 is 0 Å². The van der Waals surface area contributed by atoms with E-state index in [1.807, 2.05) is 0 Å². The Hall–Kier alpha value is -2.39. The molecular weight excluding hydrogens is 405 g/mol. The third-order valence-corrected chi connectivity index (χ3v) is 6.03. The van der Waals surface area contributed by atoms with E-state index in [1.54, 1.807) is 0 Å². The molecule has 1 saturated heterocycles. The molecule has 9 heteroatoms. The lowest BCUT2D eigenvalue weighted by molar-refractivity contribution is -0.121. The normalized spacial score (nSPS) is 16.9. The van der Waals surface area contributed by atoms with Gasteiger partial charge in [0, 0.05) is 31.6 Å². The molecule has 1 atom stereocenters. The molecule has 0 saturated carbocycles. The van der Waals surface area contributed by atoms with Crippen LogP contribution in [0.2, 0.25) is 0 Å². The first-order valence-corrected chi connectivity index (χ1v) is 11.2. The van der Waals surface area contributed by atoms with Crippen molar-refractivity contribution in [3.63, 3.8) is 0 Å². The number of anilines is 1. The maximum atomic E-state index is 12.9. The minimum atomic E-state index is -0.401. The molecule has 0 radical (unpaired) electrons. The summed E-state index contributed by atoms with van der Waals surface area (Å²) in [6.45, 7) is 6.30. The maximum Gasteiger partial charge on any atom is 0.286 e. The number of nitrogens with zero attached hydrogens (tertiary/aromatic N) is 3. The molecule has 1 aliphatic rings. The molecule has 2 aromatic rings. The summed E-state index contributed by atoms with van der Waals surface area (Å²) in [6.07, 6.45) is 4.28. The van der Waals surface area contributed by atoms with Crippen LogP contribution in [0.15, 0.2) is 24.3 Å². The van der Waals surface area contributed by atoms with Gasteiger partial charge in [0.15, 0.2) is 0 Å². The summed E-state index contributed by atoms with van der Waals surface area (Å²) in [5.41, 5.74) is 0.483. The highest BCUT2D eigenvalue weighted by atomic mass is 32.1. The second-order valence-electron chi connectivity index (χ2n) is 7.71. The smallest absolute Gasteiger partial charge is 0.286 e. The molecule has 1 aromatic heterocycles. The van der Waals surface area contributed by atoms with Gasteiger partial charge in [0.2, 0.25) is 10.9 Å². The number of halogens is 1. The molecule has 1 aromatic carbocycles. The summed E-state index contributed by atoms with van der Waals surface area (Å²) >= 11 is 1.16. The minimum absolute atomic E-state index is 0.0190. The van der Waals surface area contributed by atoms with E-state index in [9.17, 15) is 14.0 Å². The van der Waals surface area contributed by atoms with Crippen LogP contribution in [-0.2, 0) is 11.2 Å². The number of benzene rings is 1. The highest BCUT2D eigenvalue weighted by molar-refractivity contribution is 7.13. The van der Waals surface area contributed by atoms with Crippen LogP contribution in [-0.4, -0.2) is 53.1 Å². The van der Waals surface area contributed by atoms with E-state index in [1.165, 1.54) is 37.1 Å². The molecule has 2 N–H and O–H groups in total. The fourth-order valence-corrected chi connectivity index (χ4v) is 4.23. The van der Waals surface area contributed by atoms with Crippen LogP contribution in [0.4, 0.5) is 10.1 Å². The van der Waals surface area contributed by atoms with E-state index in [0.717, 1.165) is 43.3 Å². The van der Waals surface area contributed by atoms with Crippen LogP contribution in [0, 0.1) is 11.7 Å². The quantitative estimate of drug-likeness (QED) is 0.594. The van der Waals surface area contributed by atoms with Gasteiger partial charge in [-0.1, -0.05) is 18.3 Å². The molecule has 3 rings (SSSR count). The molecule has 30 heavy (non-hydrogen) atoms. The number of piperidine rings is 1. The Bertz CT molecular complexity index is 842. The summed E-state index contributed by atoms with van der Waals surface area (Å²) in [7, 11) is 0. The van der Waals surface area contributed by atoms with Crippen LogP contribution in [0.3, 0.4) is 0 Å². The van der Waals surface area contributed by atoms with Gasteiger partial charge in [-0.2, -0.15) is 0 Å². The Morgan fingerprint density at radius 2 is 2.07 bits per heavy atom. The Labute approximate surface area is 180 Å². The average molecular weight is 434 g/mol. The first-order valence-electron chi connectivity index (χ1n) is 10.4. The van der Waals surface area contributed by atoms with Gasteiger partial charge in [0.25, 0.3) is 5.91 Å². The van der Waals surface area contributed by atoms with Crippen molar-refractivity contribution in [2.24, 2.45) is 5.92 Å². The third-order valence-electron chi connectivity index (χ3n) is 5.04. The van der Waals surface area contributed by atoms with Gasteiger partial charge < -0.3 is 15.5 Å². The summed E-state index contributed by atoms with van der Waals surface area (Å²) < 4.78 is 12.9. The summed E-state index contributed by atoms with van der Waals surface area (Å²) in [6, 6.07) is 5.50. The van der Waals surface area contributed by atoms with Crippen LogP contribution in [0.5, 0.6) is 0 Å². The average Bonchev–Trinajstić information content (AvgIpc) is 3.21. The van der Waals surface area contributed by atoms with Gasteiger partial charge >= 0.3 is 0 Å². The van der Waals surface area contributed by atoms with Gasteiger partial charge in [0.1, 0.15) is 10.8 Å². The number of amides is 2. The van der Waals surface area contributed by atoms with E-state index in [2.05, 4.69) is 32.7 Å². The lowest BCUT2D eigenvalue weighted by atomic mass is 10.0. The van der Waals surface area contributed by atoms with Crippen LogP contribution >= 0.6 is 11.3 Å². The monoisotopic (exact) mass is 433 g/mol. The molecule has 0 spiro atoms. The summed E-state index contributed by atoms with van der Waals surface area (Å²) in [4.78, 5) is 26.7. The van der Waals surface area contributed by atoms with Gasteiger partial charge in [-0.25, -0.2) is 4.39 Å². The lowest BCUT2D eigenvalue weighted by Crippen LogP contribution is -2.36. The number of carbonyl (C=O) groups is 2. The highest BCUT2D eigenvalue weighted by Crippen LogP contribution is 2.16. The Morgan fingerprint density at radius 1 is 1.27 bits per heavy atom. The number of hydrogen-bond donors (Lipinski definition) is 2. The topological polar surface area (TPSA) is 87.2 Å². The molecule has 0 bridgehead atoms. The predicted molar refractivity (Wildman–Crippen MR) is 115 cm³/mol. The minimum Gasteiger partial charge on any atom is -0.356 e. The Morgan fingerprint density at radius 3 is 2.83 bits per heavy atom. The fraction of sp³-hybridized carbons (Fsp3) is 0.524. The van der Waals surface area contributed by atoms with Crippen molar-refractivity contribution < 1.29 is 14.0 Å². The van der Waals surface area contributed by atoms with E-state index < -0.39 is 5.91 Å². The standard InChI is InChI=1S/C21H28FN5O2S/c1-15-4-2-12-27(14-15)13-3-11-23-18(28)9-10-19-25-26-21(30-19)20(29)24-17-7-5-16(22)6-8-17/h5-8,15H,2-4,9-14H2,1H3,(H,23,28)(H,24,29)/t15-/m0/s1. The van der Waals surface area contributed by atoms with E-state index in [-0.39, 0.29) is 16.7 Å². The molecule has 1 aliphatic heterocycles. The predicted octanol–water partition coefficient (Wildman–Crippen LogP) is 3.10. The summed E-state index contributed by atoms with van der Waals surface area (Å²) in [5.74, 6) is -0.0233. The van der Waals surface area contributed by atoms with Crippen molar-refractivity contribution in [2.75, 3.05) is 31.5 Å². The molecule has 0 unspecified atom stereocenters. The zero-order valence-electron chi connectivity index (χ0n) is 17.2. The molecule has 7 nitrogen and oxygen atoms in total. The van der Waals surface area contributed by atoms with Crippen molar-refractivity contribution in [1.82, 2.24) is 20.4 Å². The number of rotatable bonds is 9. The van der Waals surface area contributed by atoms with Crippen molar-refractivity contribution in [3.05, 3.63) is 40.1 Å². The zero-order valence-corrected chi connectivity index (χ0v) is 18.0. The number of aromatic nitrogens is 2. The molecular formula is C21H28FN5O2S. The van der Waals surface area contributed by atoms with Crippen molar-refractivity contribution in [3.8, 4) is 0 Å². The first-order chi connectivity index (χ1) is 14.5. The van der Waals surface area contributed by atoms with Gasteiger partial charge in [-0.15, -0.1) is 10.2 Å². The second-order valence-corrected chi connectivity index (χ2v) is 8.78. The van der Waals surface area contributed by atoms with Crippen molar-refractivity contribution >= 4 is 28.8 Å². The second kappa shape index (κ2) is 11.1. The van der Waals surface area contributed by atoms with Crippen LogP contribution < -0.4 is 10.6 Å². The zero-order chi connectivity index (χ0) is 21.3. The van der Waals surface area contributed by atoms with Gasteiger partial charge in [0.05, 0.1) is 0 Å². The lowest BCUT2D eigenvalue weighted by Gasteiger charge is -2.30. The highest BCUT2D eigenvalue weighted by Gasteiger charge is 2.16. The number of hydrogen-bond acceptors (Lipinski definition) is 6. The van der Waals surface area contributed by atoms with Crippen LogP contribution in [0.1, 0.15) is 47.4 Å². The molecule has 2 amide bonds. The maximum absolute atomic E-state index is 12.9. The third kappa shape index (κ3) is 7.14. The summed E-state index contributed by atoms with van der Waals surface area (Å²) in [5, 5.41) is 14.3. The fourth-order valence-electron chi connectivity index (χ4n) is 3.49. The van der Waals surface area contributed by atoms with Crippen LogP contribution in [0.25, 0.3) is 0 Å². The molecule has 162 valence electrons. The molecule has 1 fully saturated rings. The van der Waals surface area contributed by atoms with Gasteiger partial charge in [-0.3, -0.25) is 9.59 Å². The Kier molecular flexibility index (Phi) is 8.27. The SMILES string of the molecule is C[C@H]1CCCN(CCCNC(=O)CCc2nnc(C(=O)Nc3ccc(F)cc3)s2)C1. The Balaban J connectivity index is 1.33. The van der Waals surface area contributed by atoms with Crippen molar-refractivity contribution in [1.29, 1.82) is 0 Å². The van der Waals surface area contributed by atoms with E-state index in [0.29, 0.717) is 30.1 Å². The first kappa shape index (κ1) is 22.3. The van der Waals surface area contributed by atoms with Gasteiger partial charge in [-0.05, 0) is 62.5 Å².